The van der Waals surface area contributed by atoms with Crippen LogP contribution in [0.5, 0.6) is 17.2 Å². The van der Waals surface area contributed by atoms with Gasteiger partial charge in [0.25, 0.3) is 0 Å². The Hall–Kier alpha value is -2.95. The van der Waals surface area contributed by atoms with E-state index in [-0.39, 0.29) is 5.75 Å². The van der Waals surface area contributed by atoms with Crippen LogP contribution in [0.1, 0.15) is 22.3 Å². The Balaban J connectivity index is 1.39. The summed E-state index contributed by atoms with van der Waals surface area (Å²) in [5.74, 6) is 1.99. The van der Waals surface area contributed by atoms with Gasteiger partial charge in [-0.25, -0.2) is 0 Å². The van der Waals surface area contributed by atoms with E-state index in [9.17, 15) is 5.11 Å². The van der Waals surface area contributed by atoms with Gasteiger partial charge in [0.15, 0.2) is 0 Å². The van der Waals surface area contributed by atoms with E-state index in [1.54, 1.807) is 12.1 Å². The van der Waals surface area contributed by atoms with Crippen molar-refractivity contribution in [3.05, 3.63) is 87.9 Å². The fraction of sp³-hybridized carbons (Fsp3) is 0.167. The van der Waals surface area contributed by atoms with Crippen LogP contribution >= 0.6 is 11.6 Å². The van der Waals surface area contributed by atoms with Crippen molar-refractivity contribution in [3.63, 3.8) is 0 Å². The third-order valence-electron chi connectivity index (χ3n) is 5.26. The van der Waals surface area contributed by atoms with Crippen LogP contribution in [0.25, 0.3) is 11.6 Å². The standard InChI is InChI=1S/C24H20ClNO3/c25-21-5-1-16(2-6-21)12-26-13-19-9-18-10-20(17-3-7-22(27)8-4-17)14-28-23(18)11-24(19)29-15-26/h1-11,27H,12-15H2. The largest absolute Gasteiger partial charge is 0.508 e. The first kappa shape index (κ1) is 18.1. The van der Waals surface area contributed by atoms with Crippen molar-refractivity contribution >= 4 is 23.3 Å². The second kappa shape index (κ2) is 7.47. The molecule has 5 heteroatoms. The highest BCUT2D eigenvalue weighted by Crippen LogP contribution is 2.38. The van der Waals surface area contributed by atoms with Crippen molar-refractivity contribution in [2.45, 2.75) is 13.1 Å². The molecular weight excluding hydrogens is 386 g/mol. The molecule has 0 saturated heterocycles. The summed E-state index contributed by atoms with van der Waals surface area (Å²) < 4.78 is 12.0. The van der Waals surface area contributed by atoms with Gasteiger partial charge in [0.2, 0.25) is 0 Å². The van der Waals surface area contributed by atoms with Crippen LogP contribution in [-0.2, 0) is 13.1 Å². The number of aromatic hydroxyl groups is 1. The molecule has 0 amide bonds. The maximum atomic E-state index is 9.51. The highest BCUT2D eigenvalue weighted by Gasteiger charge is 2.22. The minimum absolute atomic E-state index is 0.262. The molecule has 0 unspecified atom stereocenters. The molecule has 2 heterocycles. The molecule has 3 aromatic rings. The van der Waals surface area contributed by atoms with E-state index in [1.165, 1.54) is 5.56 Å². The van der Waals surface area contributed by atoms with Crippen molar-refractivity contribution in [1.29, 1.82) is 0 Å². The van der Waals surface area contributed by atoms with Crippen LogP contribution in [0.4, 0.5) is 0 Å². The predicted octanol–water partition coefficient (Wildman–Crippen LogP) is 5.33. The second-order valence-electron chi connectivity index (χ2n) is 7.39. The summed E-state index contributed by atoms with van der Waals surface area (Å²) in [6.45, 7) is 2.66. The molecule has 0 aliphatic carbocycles. The predicted molar refractivity (Wildman–Crippen MR) is 114 cm³/mol. The van der Waals surface area contributed by atoms with Gasteiger partial charge in [-0.15, -0.1) is 0 Å². The fourth-order valence-electron chi connectivity index (χ4n) is 3.74. The molecule has 29 heavy (non-hydrogen) atoms. The van der Waals surface area contributed by atoms with Crippen molar-refractivity contribution in [1.82, 2.24) is 4.90 Å². The number of ether oxygens (including phenoxy) is 2. The van der Waals surface area contributed by atoms with Crippen LogP contribution in [0, 0.1) is 0 Å². The number of hydrogen-bond donors (Lipinski definition) is 1. The molecule has 0 aromatic heterocycles. The molecule has 4 nitrogen and oxygen atoms in total. The van der Waals surface area contributed by atoms with Crippen LogP contribution in [0.15, 0.2) is 60.7 Å². The lowest BCUT2D eigenvalue weighted by Gasteiger charge is -2.30. The van der Waals surface area contributed by atoms with E-state index in [0.29, 0.717) is 13.3 Å². The Morgan fingerprint density at radius 3 is 2.52 bits per heavy atom. The molecule has 1 N–H and O–H groups in total. The second-order valence-corrected chi connectivity index (χ2v) is 7.83. The van der Waals surface area contributed by atoms with E-state index in [0.717, 1.165) is 51.9 Å². The molecule has 2 aliphatic rings. The summed E-state index contributed by atoms with van der Waals surface area (Å²) in [4.78, 5) is 2.26. The molecule has 0 spiro atoms. The first-order chi connectivity index (χ1) is 14.1. The lowest BCUT2D eigenvalue weighted by atomic mass is 9.98. The summed E-state index contributed by atoms with van der Waals surface area (Å²) in [6.07, 6.45) is 2.16. The van der Waals surface area contributed by atoms with Gasteiger partial charge in [-0.3, -0.25) is 4.90 Å². The average Bonchev–Trinajstić information content (AvgIpc) is 2.74. The minimum atomic E-state index is 0.262. The van der Waals surface area contributed by atoms with Gasteiger partial charge < -0.3 is 14.6 Å². The monoisotopic (exact) mass is 405 g/mol. The normalized spacial score (nSPS) is 15.6. The first-order valence-corrected chi connectivity index (χ1v) is 9.91. The average molecular weight is 406 g/mol. The maximum Gasteiger partial charge on any atom is 0.142 e. The number of phenols is 1. The summed E-state index contributed by atoms with van der Waals surface area (Å²) in [5.41, 5.74) is 5.54. The van der Waals surface area contributed by atoms with E-state index in [2.05, 4.69) is 17.0 Å². The SMILES string of the molecule is Oc1ccc(C2=Cc3cc4c(cc3OC2)OCN(Cc2ccc(Cl)cc2)C4)cc1. The number of nitrogens with zero attached hydrogens (tertiary/aromatic N) is 1. The molecule has 0 saturated carbocycles. The molecule has 5 rings (SSSR count). The number of halogens is 1. The third-order valence-corrected chi connectivity index (χ3v) is 5.51. The van der Waals surface area contributed by atoms with Gasteiger partial charge in [-0.1, -0.05) is 35.9 Å². The van der Waals surface area contributed by atoms with Crippen molar-refractivity contribution in [3.8, 4) is 17.2 Å². The van der Waals surface area contributed by atoms with Gasteiger partial charge in [-0.2, -0.15) is 0 Å². The fourth-order valence-corrected chi connectivity index (χ4v) is 3.87. The number of fused-ring (bicyclic) bond motifs is 2. The molecule has 2 aliphatic heterocycles. The van der Waals surface area contributed by atoms with Crippen molar-refractivity contribution in [2.75, 3.05) is 13.3 Å². The van der Waals surface area contributed by atoms with Crippen LogP contribution < -0.4 is 9.47 Å². The lowest BCUT2D eigenvalue weighted by molar-refractivity contribution is 0.0883. The Morgan fingerprint density at radius 1 is 0.931 bits per heavy atom. The molecule has 146 valence electrons. The summed E-state index contributed by atoms with van der Waals surface area (Å²) in [6, 6.07) is 19.3. The molecule has 0 atom stereocenters. The highest BCUT2D eigenvalue weighted by molar-refractivity contribution is 6.30. The van der Waals surface area contributed by atoms with Gasteiger partial charge >= 0.3 is 0 Å². The molecule has 3 aromatic carbocycles. The summed E-state index contributed by atoms with van der Waals surface area (Å²) in [7, 11) is 0. The summed E-state index contributed by atoms with van der Waals surface area (Å²) >= 11 is 5.98. The lowest BCUT2D eigenvalue weighted by Crippen LogP contribution is -2.31. The Kier molecular flexibility index (Phi) is 4.66. The maximum absolute atomic E-state index is 9.51. The minimum Gasteiger partial charge on any atom is -0.508 e. The topological polar surface area (TPSA) is 41.9 Å². The third kappa shape index (κ3) is 3.82. The smallest absolute Gasteiger partial charge is 0.142 e. The van der Waals surface area contributed by atoms with Gasteiger partial charge in [-0.05, 0) is 53.1 Å². The first-order valence-electron chi connectivity index (χ1n) is 9.53. The Labute approximate surface area is 174 Å². The zero-order chi connectivity index (χ0) is 19.8. The Bertz CT molecular complexity index is 1070. The van der Waals surface area contributed by atoms with Crippen molar-refractivity contribution in [2.24, 2.45) is 0 Å². The van der Waals surface area contributed by atoms with E-state index in [1.807, 2.05) is 42.5 Å². The van der Waals surface area contributed by atoms with Crippen molar-refractivity contribution < 1.29 is 14.6 Å². The molecule has 0 fully saturated rings. The van der Waals surface area contributed by atoms with Gasteiger partial charge in [0, 0.05) is 35.3 Å². The Morgan fingerprint density at radius 2 is 1.72 bits per heavy atom. The number of benzene rings is 3. The zero-order valence-corrected chi connectivity index (χ0v) is 16.5. The van der Waals surface area contributed by atoms with Crippen LogP contribution in [-0.4, -0.2) is 23.3 Å². The van der Waals surface area contributed by atoms with Crippen LogP contribution in [0.2, 0.25) is 5.02 Å². The zero-order valence-electron chi connectivity index (χ0n) is 15.8. The quantitative estimate of drug-likeness (QED) is 0.639. The molecule has 0 bridgehead atoms. The van der Waals surface area contributed by atoms with Gasteiger partial charge in [0.1, 0.15) is 30.6 Å². The number of rotatable bonds is 3. The van der Waals surface area contributed by atoms with E-state index < -0.39 is 0 Å². The van der Waals surface area contributed by atoms with E-state index in [4.69, 9.17) is 21.1 Å². The number of phenolic OH excluding ortho intramolecular Hbond substituents is 1. The summed E-state index contributed by atoms with van der Waals surface area (Å²) in [5, 5.41) is 10.3. The molecule has 0 radical (unpaired) electrons. The number of hydrogen-bond acceptors (Lipinski definition) is 4. The van der Waals surface area contributed by atoms with Gasteiger partial charge in [0.05, 0.1) is 0 Å². The highest BCUT2D eigenvalue weighted by atomic mass is 35.5. The molecular formula is C24H20ClNO3. The van der Waals surface area contributed by atoms with Crippen LogP contribution in [0.3, 0.4) is 0 Å². The van der Waals surface area contributed by atoms with E-state index >= 15 is 0 Å².